The molecule has 0 bridgehead atoms. The molecule has 2 N–H and O–H groups in total. The summed E-state index contributed by atoms with van der Waals surface area (Å²) in [6, 6.07) is 0. The monoisotopic (exact) mass is 279 g/mol. The van der Waals surface area contributed by atoms with E-state index in [1.807, 2.05) is 12.3 Å². The van der Waals surface area contributed by atoms with E-state index in [4.69, 9.17) is 0 Å². The number of thiazole rings is 1. The number of hydrogen-bond donors (Lipinski definition) is 2. The van der Waals surface area contributed by atoms with Crippen LogP contribution in [0.2, 0.25) is 0 Å². The van der Waals surface area contributed by atoms with Crippen molar-refractivity contribution in [2.24, 2.45) is 0 Å². The summed E-state index contributed by atoms with van der Waals surface area (Å²) in [6.07, 6.45) is 3.52. The van der Waals surface area contributed by atoms with Crippen molar-refractivity contribution < 1.29 is 4.79 Å². The summed E-state index contributed by atoms with van der Waals surface area (Å²) in [5.74, 6) is 0.918. The van der Waals surface area contributed by atoms with Gasteiger partial charge in [-0.3, -0.25) is 9.69 Å². The Morgan fingerprint density at radius 1 is 1.53 bits per heavy atom. The van der Waals surface area contributed by atoms with Gasteiger partial charge in [-0.15, -0.1) is 11.3 Å². The number of rotatable bonds is 6. The van der Waals surface area contributed by atoms with Crippen LogP contribution in [0.25, 0.3) is 0 Å². The molecule has 6 nitrogen and oxygen atoms in total. The summed E-state index contributed by atoms with van der Waals surface area (Å²) < 4.78 is 0. The summed E-state index contributed by atoms with van der Waals surface area (Å²) in [4.78, 5) is 24.7. The maximum Gasteiger partial charge on any atom is 0.225 e. The highest BCUT2D eigenvalue weighted by Crippen LogP contribution is 2.20. The van der Waals surface area contributed by atoms with Crippen molar-refractivity contribution in [2.45, 2.75) is 26.9 Å². The van der Waals surface area contributed by atoms with Crippen molar-refractivity contribution in [3.05, 3.63) is 29.3 Å². The second-order valence-electron chi connectivity index (χ2n) is 4.02. The largest absolute Gasteiger partial charge is 0.348 e. The predicted octanol–water partition coefficient (Wildman–Crippen LogP) is 1.53. The summed E-state index contributed by atoms with van der Waals surface area (Å²) in [5, 5.41) is 5.97. The van der Waals surface area contributed by atoms with Gasteiger partial charge in [0.1, 0.15) is 5.82 Å². The van der Waals surface area contributed by atoms with Gasteiger partial charge in [0.2, 0.25) is 5.91 Å². The predicted molar refractivity (Wildman–Crippen MR) is 74.9 cm³/mol. The molecule has 0 saturated heterocycles. The number of carbonyl (C=O) groups excluding carboxylic acids is 1. The number of amides is 1. The number of carbonyl (C=O) groups is 1. The fourth-order valence-electron chi connectivity index (χ4n) is 1.70. The van der Waals surface area contributed by atoms with Crippen LogP contribution in [0.1, 0.15) is 25.4 Å². The highest BCUT2D eigenvalue weighted by atomic mass is 32.1. The van der Waals surface area contributed by atoms with Crippen LogP contribution in [0.3, 0.4) is 0 Å². The second kappa shape index (κ2) is 6.44. The number of hydrogen-bond acceptors (Lipinski definition) is 5. The normalized spacial score (nSPS) is 10.6. The van der Waals surface area contributed by atoms with Crippen LogP contribution in [-0.4, -0.2) is 27.4 Å². The van der Waals surface area contributed by atoms with Gasteiger partial charge in [0.05, 0.1) is 12.2 Å². The molecule has 2 aromatic heterocycles. The zero-order valence-corrected chi connectivity index (χ0v) is 11.8. The molecule has 2 aromatic rings. The average Bonchev–Trinajstić information content (AvgIpc) is 3.02. The zero-order valence-electron chi connectivity index (χ0n) is 11.0. The third-order valence-electron chi connectivity index (χ3n) is 2.62. The Morgan fingerprint density at radius 3 is 3.00 bits per heavy atom. The third-order valence-corrected chi connectivity index (χ3v) is 3.53. The first-order valence-corrected chi connectivity index (χ1v) is 7.00. The summed E-state index contributed by atoms with van der Waals surface area (Å²) in [6.45, 7) is 5.47. The van der Waals surface area contributed by atoms with Crippen LogP contribution in [0.5, 0.6) is 0 Å². The van der Waals surface area contributed by atoms with E-state index in [0.717, 1.165) is 16.6 Å². The van der Waals surface area contributed by atoms with E-state index in [1.54, 1.807) is 24.2 Å². The first-order chi connectivity index (χ1) is 9.20. The highest BCUT2D eigenvalue weighted by molar-refractivity contribution is 7.14. The van der Waals surface area contributed by atoms with Gasteiger partial charge in [-0.1, -0.05) is 0 Å². The van der Waals surface area contributed by atoms with Crippen LogP contribution in [0.15, 0.2) is 17.8 Å². The van der Waals surface area contributed by atoms with Crippen molar-refractivity contribution in [3.8, 4) is 0 Å². The summed E-state index contributed by atoms with van der Waals surface area (Å²) >= 11 is 1.49. The molecule has 0 fully saturated rings. The fourth-order valence-corrected chi connectivity index (χ4v) is 2.63. The Bertz CT molecular complexity index is 522. The number of aromatic nitrogens is 3. The van der Waals surface area contributed by atoms with E-state index in [-0.39, 0.29) is 5.91 Å². The number of H-pyrrole nitrogens is 1. The molecule has 2 heterocycles. The molecule has 0 spiro atoms. The molecule has 0 aliphatic carbocycles. The second-order valence-corrected chi connectivity index (χ2v) is 4.86. The molecule has 7 heteroatoms. The van der Waals surface area contributed by atoms with E-state index < -0.39 is 0 Å². The van der Waals surface area contributed by atoms with E-state index >= 15 is 0 Å². The minimum atomic E-state index is 0.0203. The maximum absolute atomic E-state index is 11.4. The molecule has 0 saturated carbocycles. The van der Waals surface area contributed by atoms with E-state index in [1.165, 1.54) is 11.3 Å². The number of aromatic amines is 1. The Balaban J connectivity index is 1.88. The molecule has 0 aliphatic heterocycles. The minimum absolute atomic E-state index is 0.0203. The number of anilines is 1. The van der Waals surface area contributed by atoms with Crippen molar-refractivity contribution >= 4 is 22.4 Å². The SMILES string of the molecule is CCN(C(C)=O)c1nc(CNCc2ncc[nH]2)cs1. The molecule has 0 aromatic carbocycles. The van der Waals surface area contributed by atoms with Crippen molar-refractivity contribution in [2.75, 3.05) is 11.4 Å². The van der Waals surface area contributed by atoms with E-state index in [2.05, 4.69) is 20.3 Å². The van der Waals surface area contributed by atoms with E-state index in [9.17, 15) is 4.79 Å². The average molecular weight is 279 g/mol. The lowest BCUT2D eigenvalue weighted by molar-refractivity contribution is -0.116. The first kappa shape index (κ1) is 13.7. The maximum atomic E-state index is 11.4. The summed E-state index contributed by atoms with van der Waals surface area (Å²) in [7, 11) is 0. The Morgan fingerprint density at radius 2 is 2.37 bits per heavy atom. The van der Waals surface area contributed by atoms with Gasteiger partial charge in [-0.05, 0) is 6.92 Å². The molecule has 0 atom stereocenters. The smallest absolute Gasteiger partial charge is 0.225 e. The van der Waals surface area contributed by atoms with Gasteiger partial charge in [0.15, 0.2) is 5.13 Å². The molecule has 0 aliphatic rings. The topological polar surface area (TPSA) is 73.9 Å². The Labute approximate surface area is 115 Å². The molecular weight excluding hydrogens is 262 g/mol. The van der Waals surface area contributed by atoms with Crippen LogP contribution < -0.4 is 10.2 Å². The third kappa shape index (κ3) is 3.62. The molecular formula is C12H17N5OS. The number of imidazole rings is 1. The van der Waals surface area contributed by atoms with Crippen LogP contribution in [0, 0.1) is 0 Å². The molecule has 0 unspecified atom stereocenters. The number of nitrogens with one attached hydrogen (secondary N) is 2. The van der Waals surface area contributed by atoms with Gasteiger partial charge < -0.3 is 10.3 Å². The van der Waals surface area contributed by atoms with E-state index in [0.29, 0.717) is 19.6 Å². The first-order valence-electron chi connectivity index (χ1n) is 6.12. The standard InChI is InChI=1S/C12H17N5OS/c1-3-17(9(2)18)12-16-10(8-19-12)6-13-7-11-14-4-5-15-11/h4-5,8,13H,3,6-7H2,1-2H3,(H,14,15). The molecule has 1 amide bonds. The van der Waals surface area contributed by atoms with Crippen LogP contribution in [0.4, 0.5) is 5.13 Å². The lowest BCUT2D eigenvalue weighted by Gasteiger charge is -2.14. The molecule has 102 valence electrons. The van der Waals surface area contributed by atoms with Crippen molar-refractivity contribution in [1.29, 1.82) is 0 Å². The van der Waals surface area contributed by atoms with Gasteiger partial charge >= 0.3 is 0 Å². The lowest BCUT2D eigenvalue weighted by atomic mass is 10.4. The molecule has 0 radical (unpaired) electrons. The van der Waals surface area contributed by atoms with Gasteiger partial charge in [-0.2, -0.15) is 0 Å². The van der Waals surface area contributed by atoms with Crippen LogP contribution >= 0.6 is 11.3 Å². The highest BCUT2D eigenvalue weighted by Gasteiger charge is 2.13. The fraction of sp³-hybridized carbons (Fsp3) is 0.417. The van der Waals surface area contributed by atoms with Gasteiger partial charge in [0.25, 0.3) is 0 Å². The Kier molecular flexibility index (Phi) is 4.64. The Hall–Kier alpha value is -1.73. The van der Waals surface area contributed by atoms with Crippen molar-refractivity contribution in [1.82, 2.24) is 20.3 Å². The zero-order chi connectivity index (χ0) is 13.7. The van der Waals surface area contributed by atoms with Gasteiger partial charge in [0, 0.05) is 37.8 Å². The number of nitrogens with zero attached hydrogens (tertiary/aromatic N) is 3. The quantitative estimate of drug-likeness (QED) is 0.841. The summed E-state index contributed by atoms with van der Waals surface area (Å²) in [5.41, 5.74) is 0.936. The molecule has 2 rings (SSSR count). The minimum Gasteiger partial charge on any atom is -0.348 e. The van der Waals surface area contributed by atoms with Gasteiger partial charge in [-0.25, -0.2) is 9.97 Å². The molecule has 19 heavy (non-hydrogen) atoms. The van der Waals surface area contributed by atoms with Crippen molar-refractivity contribution in [3.63, 3.8) is 0 Å². The lowest BCUT2D eigenvalue weighted by Crippen LogP contribution is -2.27. The van der Waals surface area contributed by atoms with Crippen LogP contribution in [-0.2, 0) is 17.9 Å².